The minimum absolute atomic E-state index is 0.389. The number of hydrogen-bond donors (Lipinski definition) is 0. The number of ether oxygens (including phenoxy) is 3. The highest BCUT2D eigenvalue weighted by Gasteiger charge is 2.23. The molecule has 178 valence electrons. The lowest BCUT2D eigenvalue weighted by Crippen LogP contribution is -2.32. The lowest BCUT2D eigenvalue weighted by Gasteiger charge is -2.31. The summed E-state index contributed by atoms with van der Waals surface area (Å²) in [5.74, 6) is 3.02. The number of para-hydroxylation sites is 1. The Hall–Kier alpha value is -4.71. The zero-order valence-corrected chi connectivity index (χ0v) is 19.6. The summed E-state index contributed by atoms with van der Waals surface area (Å²) >= 11 is 0. The van der Waals surface area contributed by atoms with Gasteiger partial charge in [-0.3, -0.25) is 0 Å². The van der Waals surface area contributed by atoms with Crippen molar-refractivity contribution in [3.63, 3.8) is 0 Å². The van der Waals surface area contributed by atoms with E-state index in [2.05, 4.69) is 4.90 Å². The number of methoxy groups -OCH3 is 1. The molecule has 1 aliphatic rings. The topological polar surface area (TPSA) is 61.1 Å². The molecule has 0 aliphatic carbocycles. The number of anilines is 1. The molecular formula is C30H23NO5. The first kappa shape index (κ1) is 21.8. The van der Waals surface area contributed by atoms with Crippen LogP contribution in [0.5, 0.6) is 23.0 Å². The van der Waals surface area contributed by atoms with Gasteiger partial charge in [0.15, 0.2) is 6.73 Å². The van der Waals surface area contributed by atoms with Crippen molar-refractivity contribution in [1.82, 2.24) is 0 Å². The van der Waals surface area contributed by atoms with Crippen LogP contribution < -0.4 is 24.7 Å². The van der Waals surface area contributed by atoms with Crippen LogP contribution in [0.2, 0.25) is 0 Å². The number of nitrogens with zero attached hydrogens (tertiary/aromatic N) is 1. The van der Waals surface area contributed by atoms with Crippen molar-refractivity contribution in [3.8, 4) is 34.1 Å². The van der Waals surface area contributed by atoms with E-state index in [4.69, 9.17) is 18.6 Å². The molecule has 0 radical (unpaired) electrons. The number of fused-ring (bicyclic) bond motifs is 3. The first-order chi connectivity index (χ1) is 17.7. The van der Waals surface area contributed by atoms with E-state index in [1.807, 2.05) is 91.0 Å². The average Bonchev–Trinajstić information content (AvgIpc) is 2.93. The van der Waals surface area contributed by atoms with Crippen molar-refractivity contribution in [1.29, 1.82) is 0 Å². The largest absolute Gasteiger partial charge is 0.497 e. The zero-order chi connectivity index (χ0) is 24.5. The normalized spacial score (nSPS) is 12.6. The molecule has 6 heteroatoms. The van der Waals surface area contributed by atoms with Crippen molar-refractivity contribution >= 4 is 16.7 Å². The molecule has 2 heterocycles. The first-order valence-electron chi connectivity index (χ1n) is 11.6. The van der Waals surface area contributed by atoms with E-state index in [1.165, 1.54) is 6.07 Å². The average molecular weight is 478 g/mol. The quantitative estimate of drug-likeness (QED) is 0.265. The van der Waals surface area contributed by atoms with Gasteiger partial charge in [0, 0.05) is 17.1 Å². The second kappa shape index (κ2) is 9.15. The molecule has 1 aromatic heterocycles. The maximum Gasteiger partial charge on any atom is 0.336 e. The molecule has 0 N–H and O–H groups in total. The van der Waals surface area contributed by atoms with E-state index >= 15 is 0 Å². The third kappa shape index (κ3) is 4.14. The SMILES string of the molecule is COc1ccc(-c2cc(=O)oc3c4c(ccc23)OCN(c2ccc(Oc3ccccc3)cc2)C4)cc1. The van der Waals surface area contributed by atoms with Gasteiger partial charge in [-0.05, 0) is 71.8 Å². The summed E-state index contributed by atoms with van der Waals surface area (Å²) in [5, 5.41) is 0.857. The van der Waals surface area contributed by atoms with Crippen LogP contribution >= 0.6 is 0 Å². The van der Waals surface area contributed by atoms with Crippen LogP contribution in [0, 0.1) is 0 Å². The van der Waals surface area contributed by atoms with Crippen LogP contribution in [-0.4, -0.2) is 13.8 Å². The number of hydrogen-bond acceptors (Lipinski definition) is 6. The molecule has 5 aromatic rings. The predicted octanol–water partition coefficient (Wildman–Crippen LogP) is 6.62. The highest BCUT2D eigenvalue weighted by molar-refractivity contribution is 5.96. The molecule has 0 unspecified atom stereocenters. The predicted molar refractivity (Wildman–Crippen MR) is 139 cm³/mol. The summed E-state index contributed by atoms with van der Waals surface area (Å²) in [4.78, 5) is 14.7. The van der Waals surface area contributed by atoms with Crippen LogP contribution in [0.25, 0.3) is 22.1 Å². The van der Waals surface area contributed by atoms with Crippen molar-refractivity contribution in [2.75, 3.05) is 18.7 Å². The van der Waals surface area contributed by atoms with Gasteiger partial charge < -0.3 is 23.5 Å². The van der Waals surface area contributed by atoms with Crippen LogP contribution in [0.4, 0.5) is 5.69 Å². The minimum atomic E-state index is -0.402. The van der Waals surface area contributed by atoms with Gasteiger partial charge >= 0.3 is 5.63 Å². The van der Waals surface area contributed by atoms with Crippen molar-refractivity contribution in [3.05, 3.63) is 113 Å². The van der Waals surface area contributed by atoms with E-state index in [0.717, 1.165) is 50.8 Å². The Kier molecular flexibility index (Phi) is 5.54. The van der Waals surface area contributed by atoms with Crippen molar-refractivity contribution in [2.24, 2.45) is 0 Å². The second-order valence-corrected chi connectivity index (χ2v) is 8.51. The number of rotatable bonds is 5. The molecule has 0 bridgehead atoms. The molecule has 0 fully saturated rings. The Morgan fingerprint density at radius 3 is 2.28 bits per heavy atom. The molecule has 0 saturated carbocycles. The van der Waals surface area contributed by atoms with Gasteiger partial charge in [0.05, 0.1) is 19.2 Å². The summed E-state index contributed by atoms with van der Waals surface area (Å²) in [5.41, 5.74) is 3.69. The molecule has 6 rings (SSSR count). The lowest BCUT2D eigenvalue weighted by molar-refractivity contribution is 0.289. The maximum atomic E-state index is 12.6. The second-order valence-electron chi connectivity index (χ2n) is 8.51. The fourth-order valence-corrected chi connectivity index (χ4v) is 4.46. The maximum absolute atomic E-state index is 12.6. The molecule has 4 aromatic carbocycles. The van der Waals surface area contributed by atoms with Gasteiger partial charge in [-0.15, -0.1) is 0 Å². The first-order valence-corrected chi connectivity index (χ1v) is 11.6. The Morgan fingerprint density at radius 1 is 0.806 bits per heavy atom. The third-order valence-corrected chi connectivity index (χ3v) is 6.28. The fourth-order valence-electron chi connectivity index (χ4n) is 4.46. The summed E-state index contributed by atoms with van der Waals surface area (Å²) in [7, 11) is 1.63. The molecule has 1 aliphatic heterocycles. The van der Waals surface area contributed by atoms with Crippen molar-refractivity contribution in [2.45, 2.75) is 6.54 Å². The Labute approximate surface area is 207 Å². The summed E-state index contributed by atoms with van der Waals surface area (Å²) < 4.78 is 23.0. The van der Waals surface area contributed by atoms with E-state index in [1.54, 1.807) is 7.11 Å². The smallest absolute Gasteiger partial charge is 0.336 e. The van der Waals surface area contributed by atoms with E-state index in [9.17, 15) is 4.79 Å². The Balaban J connectivity index is 1.32. The summed E-state index contributed by atoms with van der Waals surface area (Å²) in [6.07, 6.45) is 0. The Morgan fingerprint density at radius 2 is 1.53 bits per heavy atom. The van der Waals surface area contributed by atoms with Gasteiger partial charge in [0.25, 0.3) is 0 Å². The molecule has 6 nitrogen and oxygen atoms in total. The van der Waals surface area contributed by atoms with Gasteiger partial charge in [0.2, 0.25) is 0 Å². The van der Waals surface area contributed by atoms with E-state index in [-0.39, 0.29) is 0 Å². The van der Waals surface area contributed by atoms with E-state index in [0.29, 0.717) is 18.9 Å². The van der Waals surface area contributed by atoms with Gasteiger partial charge in [-0.1, -0.05) is 30.3 Å². The van der Waals surface area contributed by atoms with Gasteiger partial charge in [0.1, 0.15) is 28.6 Å². The Bertz CT molecular complexity index is 1580. The standard InChI is InChI=1S/C30H23NO5/c1-33-22-11-7-20(8-12-22)26-17-29(32)36-30-25(26)15-16-28-27(30)18-31(19-34-28)21-9-13-24(14-10-21)35-23-5-3-2-4-6-23/h2-17H,18-19H2,1H3. The summed E-state index contributed by atoms with van der Waals surface area (Å²) in [6, 6.07) is 30.6. The molecule has 0 amide bonds. The van der Waals surface area contributed by atoms with Crippen LogP contribution in [0.1, 0.15) is 5.56 Å². The van der Waals surface area contributed by atoms with Crippen LogP contribution in [0.15, 0.2) is 106 Å². The van der Waals surface area contributed by atoms with Crippen molar-refractivity contribution < 1.29 is 18.6 Å². The molecular weight excluding hydrogens is 454 g/mol. The highest BCUT2D eigenvalue weighted by Crippen LogP contribution is 2.38. The van der Waals surface area contributed by atoms with Gasteiger partial charge in [-0.25, -0.2) is 4.79 Å². The van der Waals surface area contributed by atoms with E-state index < -0.39 is 5.63 Å². The lowest BCUT2D eigenvalue weighted by atomic mass is 9.99. The number of benzene rings is 4. The summed E-state index contributed by atoms with van der Waals surface area (Å²) in [6.45, 7) is 0.931. The molecule has 0 atom stereocenters. The third-order valence-electron chi connectivity index (χ3n) is 6.28. The minimum Gasteiger partial charge on any atom is -0.497 e. The fraction of sp³-hybridized carbons (Fsp3) is 0.100. The van der Waals surface area contributed by atoms with Crippen LogP contribution in [-0.2, 0) is 6.54 Å². The molecule has 0 spiro atoms. The molecule has 0 saturated heterocycles. The monoisotopic (exact) mass is 477 g/mol. The highest BCUT2D eigenvalue weighted by atomic mass is 16.5. The van der Waals surface area contributed by atoms with Gasteiger partial charge in [-0.2, -0.15) is 0 Å². The van der Waals surface area contributed by atoms with Crippen LogP contribution in [0.3, 0.4) is 0 Å². The molecule has 36 heavy (non-hydrogen) atoms. The zero-order valence-electron chi connectivity index (χ0n) is 19.6.